The maximum Gasteiger partial charge on any atom is 0.221 e. The second-order valence-electron chi connectivity index (χ2n) is 5.81. The van der Waals surface area contributed by atoms with Gasteiger partial charge in [0, 0.05) is 31.7 Å². The van der Waals surface area contributed by atoms with E-state index in [9.17, 15) is 4.79 Å². The van der Waals surface area contributed by atoms with Crippen LogP contribution < -0.4 is 10.6 Å². The normalized spacial score (nSPS) is 18.1. The molecule has 1 rings (SSSR count). The van der Waals surface area contributed by atoms with Gasteiger partial charge in [0.1, 0.15) is 0 Å². The van der Waals surface area contributed by atoms with Crippen molar-refractivity contribution in [3.05, 3.63) is 0 Å². The van der Waals surface area contributed by atoms with Crippen LogP contribution in [0.4, 0.5) is 0 Å². The number of carbonyl (C=O) groups is 1. The Labute approximate surface area is 104 Å². The lowest BCUT2D eigenvalue weighted by Gasteiger charge is -2.23. The zero-order chi connectivity index (χ0) is 12.7. The fourth-order valence-electron chi connectivity index (χ4n) is 1.94. The number of hydrogen-bond acceptors (Lipinski definition) is 3. The predicted molar refractivity (Wildman–Crippen MR) is 68.9 cm³/mol. The first kappa shape index (κ1) is 14.5. The highest BCUT2D eigenvalue weighted by Gasteiger charge is 2.14. The van der Waals surface area contributed by atoms with E-state index in [-0.39, 0.29) is 11.4 Å². The van der Waals surface area contributed by atoms with Crippen molar-refractivity contribution >= 4 is 5.91 Å². The van der Waals surface area contributed by atoms with Gasteiger partial charge in [-0.05, 0) is 46.1 Å². The average Bonchev–Trinajstić information content (AvgIpc) is 2.23. The van der Waals surface area contributed by atoms with Gasteiger partial charge in [-0.3, -0.25) is 4.79 Å². The molecule has 1 saturated heterocycles. The van der Waals surface area contributed by atoms with Gasteiger partial charge >= 0.3 is 0 Å². The average molecular weight is 242 g/mol. The van der Waals surface area contributed by atoms with E-state index in [4.69, 9.17) is 4.74 Å². The topological polar surface area (TPSA) is 50.4 Å². The van der Waals surface area contributed by atoms with E-state index in [0.29, 0.717) is 6.42 Å². The first-order chi connectivity index (χ1) is 7.97. The fraction of sp³-hybridized carbons (Fsp3) is 0.923. The van der Waals surface area contributed by atoms with Crippen LogP contribution in [0.25, 0.3) is 0 Å². The minimum absolute atomic E-state index is 0.122. The summed E-state index contributed by atoms with van der Waals surface area (Å²) in [5, 5.41) is 6.31. The SMILES string of the molecule is CC(C)(C)NC(=O)CCNCC1CCOCC1. The maximum absolute atomic E-state index is 11.5. The summed E-state index contributed by atoms with van der Waals surface area (Å²) in [7, 11) is 0. The standard InChI is InChI=1S/C13H26N2O2/c1-13(2,3)15-12(16)4-7-14-10-11-5-8-17-9-6-11/h11,14H,4-10H2,1-3H3,(H,15,16). The van der Waals surface area contributed by atoms with Crippen LogP contribution in [0.1, 0.15) is 40.0 Å². The Hall–Kier alpha value is -0.610. The highest BCUT2D eigenvalue weighted by Crippen LogP contribution is 2.12. The molecule has 0 unspecified atom stereocenters. The number of hydrogen-bond donors (Lipinski definition) is 2. The van der Waals surface area contributed by atoms with Crippen LogP contribution in [0.2, 0.25) is 0 Å². The molecule has 0 atom stereocenters. The van der Waals surface area contributed by atoms with Crippen LogP contribution in [-0.2, 0) is 9.53 Å². The third-order valence-electron chi connectivity index (χ3n) is 2.82. The van der Waals surface area contributed by atoms with Gasteiger partial charge in [-0.25, -0.2) is 0 Å². The number of nitrogens with one attached hydrogen (secondary N) is 2. The monoisotopic (exact) mass is 242 g/mol. The highest BCUT2D eigenvalue weighted by atomic mass is 16.5. The Morgan fingerprint density at radius 2 is 1.94 bits per heavy atom. The summed E-state index contributed by atoms with van der Waals surface area (Å²) in [6, 6.07) is 0. The molecule has 4 heteroatoms. The second-order valence-corrected chi connectivity index (χ2v) is 5.81. The molecule has 0 radical (unpaired) electrons. The molecule has 4 nitrogen and oxygen atoms in total. The first-order valence-corrected chi connectivity index (χ1v) is 6.57. The molecule has 100 valence electrons. The van der Waals surface area contributed by atoms with Crippen molar-refractivity contribution in [2.24, 2.45) is 5.92 Å². The van der Waals surface area contributed by atoms with Crippen molar-refractivity contribution in [1.29, 1.82) is 0 Å². The van der Waals surface area contributed by atoms with Crippen LogP contribution in [0.15, 0.2) is 0 Å². The molecule has 1 aliphatic rings. The van der Waals surface area contributed by atoms with Crippen molar-refractivity contribution < 1.29 is 9.53 Å². The lowest BCUT2D eigenvalue weighted by molar-refractivity contribution is -0.122. The Kier molecular flexibility index (Phi) is 5.92. The summed E-state index contributed by atoms with van der Waals surface area (Å²) in [4.78, 5) is 11.5. The van der Waals surface area contributed by atoms with Crippen LogP contribution in [0.5, 0.6) is 0 Å². The molecule has 1 heterocycles. The summed E-state index contributed by atoms with van der Waals surface area (Å²) in [5.74, 6) is 0.839. The van der Waals surface area contributed by atoms with E-state index >= 15 is 0 Å². The van der Waals surface area contributed by atoms with Crippen molar-refractivity contribution in [1.82, 2.24) is 10.6 Å². The van der Waals surface area contributed by atoms with E-state index < -0.39 is 0 Å². The molecule has 1 aliphatic heterocycles. The van der Waals surface area contributed by atoms with Crippen LogP contribution >= 0.6 is 0 Å². The van der Waals surface area contributed by atoms with E-state index in [0.717, 1.165) is 45.1 Å². The van der Waals surface area contributed by atoms with Crippen LogP contribution in [0.3, 0.4) is 0 Å². The Balaban J connectivity index is 2.01. The molecule has 0 bridgehead atoms. The summed E-state index contributed by atoms with van der Waals surface area (Å²) >= 11 is 0. The fourth-order valence-corrected chi connectivity index (χ4v) is 1.94. The zero-order valence-electron chi connectivity index (χ0n) is 11.3. The van der Waals surface area contributed by atoms with Gasteiger partial charge in [-0.2, -0.15) is 0 Å². The van der Waals surface area contributed by atoms with E-state index in [1.165, 1.54) is 0 Å². The van der Waals surface area contributed by atoms with Crippen molar-refractivity contribution in [2.45, 2.75) is 45.6 Å². The smallest absolute Gasteiger partial charge is 0.221 e. The zero-order valence-corrected chi connectivity index (χ0v) is 11.3. The van der Waals surface area contributed by atoms with Crippen LogP contribution in [-0.4, -0.2) is 37.7 Å². The molecule has 17 heavy (non-hydrogen) atoms. The van der Waals surface area contributed by atoms with E-state index in [1.807, 2.05) is 20.8 Å². The summed E-state index contributed by atoms with van der Waals surface area (Å²) in [5.41, 5.74) is -0.127. The lowest BCUT2D eigenvalue weighted by atomic mass is 10.0. The van der Waals surface area contributed by atoms with E-state index in [2.05, 4.69) is 10.6 Å². The largest absolute Gasteiger partial charge is 0.381 e. The summed E-state index contributed by atoms with van der Waals surface area (Å²) in [6.07, 6.45) is 2.84. The third-order valence-corrected chi connectivity index (χ3v) is 2.82. The van der Waals surface area contributed by atoms with Gasteiger partial charge in [0.2, 0.25) is 5.91 Å². The minimum Gasteiger partial charge on any atom is -0.381 e. The summed E-state index contributed by atoms with van der Waals surface area (Å²) < 4.78 is 5.31. The predicted octanol–water partition coefficient (Wildman–Crippen LogP) is 1.31. The Morgan fingerprint density at radius 3 is 2.53 bits per heavy atom. The molecule has 1 fully saturated rings. The number of rotatable bonds is 5. The van der Waals surface area contributed by atoms with Gasteiger partial charge in [0.15, 0.2) is 0 Å². The highest BCUT2D eigenvalue weighted by molar-refractivity contribution is 5.76. The molecular formula is C13H26N2O2. The van der Waals surface area contributed by atoms with Crippen LogP contribution in [0, 0.1) is 5.92 Å². The Morgan fingerprint density at radius 1 is 1.29 bits per heavy atom. The lowest BCUT2D eigenvalue weighted by Crippen LogP contribution is -2.41. The van der Waals surface area contributed by atoms with E-state index in [1.54, 1.807) is 0 Å². The third kappa shape index (κ3) is 7.34. The van der Waals surface area contributed by atoms with Gasteiger partial charge in [0.05, 0.1) is 0 Å². The molecule has 0 aliphatic carbocycles. The molecular weight excluding hydrogens is 216 g/mol. The quantitative estimate of drug-likeness (QED) is 0.715. The molecule has 0 saturated carbocycles. The number of carbonyl (C=O) groups excluding carboxylic acids is 1. The molecule has 0 aromatic carbocycles. The summed E-state index contributed by atoms with van der Waals surface area (Å²) in [6.45, 7) is 9.54. The number of amides is 1. The molecule has 0 aromatic rings. The van der Waals surface area contributed by atoms with Crippen molar-refractivity contribution in [3.8, 4) is 0 Å². The van der Waals surface area contributed by atoms with Gasteiger partial charge in [-0.1, -0.05) is 0 Å². The number of ether oxygens (including phenoxy) is 1. The molecule has 2 N–H and O–H groups in total. The molecule has 1 amide bonds. The minimum atomic E-state index is -0.127. The molecule has 0 spiro atoms. The Bertz CT molecular complexity index is 230. The van der Waals surface area contributed by atoms with Crippen molar-refractivity contribution in [3.63, 3.8) is 0 Å². The van der Waals surface area contributed by atoms with Gasteiger partial charge in [0.25, 0.3) is 0 Å². The van der Waals surface area contributed by atoms with Gasteiger partial charge in [-0.15, -0.1) is 0 Å². The van der Waals surface area contributed by atoms with Crippen molar-refractivity contribution in [2.75, 3.05) is 26.3 Å². The second kappa shape index (κ2) is 6.97. The molecule has 0 aromatic heterocycles. The maximum atomic E-state index is 11.5. The first-order valence-electron chi connectivity index (χ1n) is 6.57. The van der Waals surface area contributed by atoms with Gasteiger partial charge < -0.3 is 15.4 Å².